The molecule has 2 amide bonds. The lowest BCUT2D eigenvalue weighted by Gasteiger charge is -2.13. The van der Waals surface area contributed by atoms with Crippen molar-refractivity contribution < 1.29 is 23.9 Å². The van der Waals surface area contributed by atoms with Crippen molar-refractivity contribution in [2.24, 2.45) is 5.92 Å². The van der Waals surface area contributed by atoms with Crippen LogP contribution in [0.2, 0.25) is 5.02 Å². The molecule has 3 aromatic carbocycles. The Bertz CT molecular complexity index is 1330. The lowest BCUT2D eigenvalue weighted by atomic mass is 10.1. The van der Waals surface area contributed by atoms with E-state index in [-0.39, 0.29) is 30.8 Å². The number of carbonyl (C=O) groups is 3. The van der Waals surface area contributed by atoms with Gasteiger partial charge in [0.05, 0.1) is 24.3 Å². The largest absolute Gasteiger partial charge is 0.488 e. The number of hydrogen-bond donors (Lipinski definition) is 0. The van der Waals surface area contributed by atoms with Crippen LogP contribution in [-0.4, -0.2) is 24.4 Å². The molecule has 0 spiro atoms. The number of nitrogens with zero attached hydrogens (tertiary/aromatic N) is 1. The first-order chi connectivity index (χ1) is 17.8. The Morgan fingerprint density at radius 3 is 2.51 bits per heavy atom. The van der Waals surface area contributed by atoms with Crippen LogP contribution in [0.25, 0.3) is 6.08 Å². The third kappa shape index (κ3) is 6.66. The minimum atomic E-state index is -0.377. The maximum atomic E-state index is 13.0. The summed E-state index contributed by atoms with van der Waals surface area (Å²) in [5, 5.41) is 0.449. The predicted molar refractivity (Wildman–Crippen MR) is 143 cm³/mol. The topological polar surface area (TPSA) is 72.9 Å². The number of amides is 2. The Balaban J connectivity index is 1.43. The average molecular weight is 518 g/mol. The standard InChI is InChI=1S/C30H28ClNO5/c1-20(2)14-15-36-30(35)22-12-10-21(11-13-22)19-37-27-9-4-3-6-23(27)16-24-17-28(33)32(29(24)34)26-8-5-7-25(31)18-26/h3-13,16,18,20H,14-15,17,19H2,1-2H3/b24-16+. The van der Waals surface area contributed by atoms with Crippen molar-refractivity contribution in [3.63, 3.8) is 0 Å². The van der Waals surface area contributed by atoms with Crippen LogP contribution in [0.15, 0.2) is 78.4 Å². The molecule has 6 nitrogen and oxygen atoms in total. The fourth-order valence-electron chi connectivity index (χ4n) is 3.85. The number of imide groups is 1. The normalized spacial score (nSPS) is 14.5. The van der Waals surface area contributed by atoms with E-state index < -0.39 is 0 Å². The fraction of sp³-hybridized carbons (Fsp3) is 0.233. The second-order valence-electron chi connectivity index (χ2n) is 9.20. The summed E-state index contributed by atoms with van der Waals surface area (Å²) in [5.74, 6) is 0.0269. The molecule has 0 radical (unpaired) electrons. The minimum absolute atomic E-state index is 0.00554. The van der Waals surface area contributed by atoms with Crippen molar-refractivity contribution in [1.82, 2.24) is 0 Å². The van der Waals surface area contributed by atoms with Gasteiger partial charge in [-0.2, -0.15) is 0 Å². The molecule has 1 aliphatic heterocycles. The summed E-state index contributed by atoms with van der Waals surface area (Å²) < 4.78 is 11.3. The second-order valence-corrected chi connectivity index (χ2v) is 9.64. The van der Waals surface area contributed by atoms with Crippen molar-refractivity contribution in [1.29, 1.82) is 0 Å². The Morgan fingerprint density at radius 2 is 1.78 bits per heavy atom. The molecule has 0 bridgehead atoms. The van der Waals surface area contributed by atoms with Crippen molar-refractivity contribution in [3.05, 3.63) is 100 Å². The zero-order valence-electron chi connectivity index (χ0n) is 20.8. The number of para-hydroxylation sites is 1. The van der Waals surface area contributed by atoms with Gasteiger partial charge in [0.15, 0.2) is 0 Å². The van der Waals surface area contributed by atoms with E-state index in [2.05, 4.69) is 13.8 Å². The number of ether oxygens (including phenoxy) is 2. The van der Waals surface area contributed by atoms with Crippen LogP contribution in [0.4, 0.5) is 5.69 Å². The molecule has 0 aliphatic carbocycles. The zero-order valence-corrected chi connectivity index (χ0v) is 21.5. The molecule has 1 aliphatic rings. The second kappa shape index (κ2) is 11.9. The Labute approximate surface area is 221 Å². The third-order valence-corrected chi connectivity index (χ3v) is 6.13. The highest BCUT2D eigenvalue weighted by Gasteiger charge is 2.35. The zero-order chi connectivity index (χ0) is 26.4. The number of anilines is 1. The van der Waals surface area contributed by atoms with Gasteiger partial charge in [-0.25, -0.2) is 9.69 Å². The van der Waals surface area contributed by atoms with Crippen molar-refractivity contribution >= 4 is 41.1 Å². The highest BCUT2D eigenvalue weighted by Crippen LogP contribution is 2.31. The average Bonchev–Trinajstić information content (AvgIpc) is 3.15. The molecule has 190 valence electrons. The van der Waals surface area contributed by atoms with Gasteiger partial charge in [-0.05, 0) is 60.4 Å². The van der Waals surface area contributed by atoms with Crippen molar-refractivity contribution in [3.8, 4) is 5.75 Å². The van der Waals surface area contributed by atoms with Crippen LogP contribution in [0.5, 0.6) is 5.75 Å². The van der Waals surface area contributed by atoms with Gasteiger partial charge in [0.2, 0.25) is 5.91 Å². The molecule has 0 unspecified atom stereocenters. The van der Waals surface area contributed by atoms with E-state index in [0.29, 0.717) is 45.7 Å². The van der Waals surface area contributed by atoms with Gasteiger partial charge in [0.25, 0.3) is 5.91 Å². The maximum absolute atomic E-state index is 13.0. The van der Waals surface area contributed by atoms with Gasteiger partial charge in [0.1, 0.15) is 12.4 Å². The minimum Gasteiger partial charge on any atom is -0.488 e. The summed E-state index contributed by atoms with van der Waals surface area (Å²) >= 11 is 6.04. The first-order valence-electron chi connectivity index (χ1n) is 12.1. The highest BCUT2D eigenvalue weighted by atomic mass is 35.5. The Hall–Kier alpha value is -3.90. The summed E-state index contributed by atoms with van der Waals surface area (Å²) in [7, 11) is 0. The third-order valence-electron chi connectivity index (χ3n) is 5.90. The van der Waals surface area contributed by atoms with Gasteiger partial charge >= 0.3 is 5.97 Å². The number of benzene rings is 3. The molecule has 4 rings (SSSR count). The van der Waals surface area contributed by atoms with E-state index in [9.17, 15) is 14.4 Å². The molecule has 0 saturated carbocycles. The van der Waals surface area contributed by atoms with Crippen LogP contribution in [0.1, 0.15) is 48.2 Å². The summed E-state index contributed by atoms with van der Waals surface area (Å²) in [5.41, 5.74) is 2.88. The first kappa shape index (κ1) is 26.2. The van der Waals surface area contributed by atoms with E-state index in [1.54, 1.807) is 42.5 Å². The molecule has 1 saturated heterocycles. The number of hydrogen-bond acceptors (Lipinski definition) is 5. The smallest absolute Gasteiger partial charge is 0.338 e. The lowest BCUT2D eigenvalue weighted by Crippen LogP contribution is -2.28. The number of halogens is 1. The van der Waals surface area contributed by atoms with Gasteiger partial charge < -0.3 is 9.47 Å². The molecule has 37 heavy (non-hydrogen) atoms. The van der Waals surface area contributed by atoms with Crippen LogP contribution in [-0.2, 0) is 20.9 Å². The van der Waals surface area contributed by atoms with Gasteiger partial charge in [-0.1, -0.05) is 61.8 Å². The fourth-order valence-corrected chi connectivity index (χ4v) is 4.04. The predicted octanol–water partition coefficient (Wildman–Crippen LogP) is 6.47. The molecule has 1 fully saturated rings. The maximum Gasteiger partial charge on any atom is 0.338 e. The van der Waals surface area contributed by atoms with E-state index in [1.807, 2.05) is 36.4 Å². The number of carbonyl (C=O) groups excluding carboxylic acids is 3. The summed E-state index contributed by atoms with van der Waals surface area (Å²) in [4.78, 5) is 39.0. The van der Waals surface area contributed by atoms with Crippen LogP contribution < -0.4 is 9.64 Å². The molecule has 7 heteroatoms. The van der Waals surface area contributed by atoms with E-state index >= 15 is 0 Å². The van der Waals surface area contributed by atoms with Crippen LogP contribution in [0, 0.1) is 5.92 Å². The van der Waals surface area contributed by atoms with E-state index in [4.69, 9.17) is 21.1 Å². The number of esters is 1. The lowest BCUT2D eigenvalue weighted by molar-refractivity contribution is -0.120. The van der Waals surface area contributed by atoms with Crippen molar-refractivity contribution in [2.45, 2.75) is 33.3 Å². The molecule has 1 heterocycles. The Morgan fingerprint density at radius 1 is 1.03 bits per heavy atom. The summed E-state index contributed by atoms with van der Waals surface area (Å²) in [6, 6.07) is 21.1. The molecule has 0 atom stereocenters. The molecule has 0 aromatic heterocycles. The number of rotatable bonds is 9. The summed E-state index contributed by atoms with van der Waals surface area (Å²) in [6.07, 6.45) is 2.51. The van der Waals surface area contributed by atoms with Crippen molar-refractivity contribution in [2.75, 3.05) is 11.5 Å². The SMILES string of the molecule is CC(C)CCOC(=O)c1ccc(COc2ccccc2/C=C2\CC(=O)N(c3cccc(Cl)c3)C2=O)cc1. The van der Waals surface area contributed by atoms with Crippen LogP contribution >= 0.6 is 11.6 Å². The quantitative estimate of drug-likeness (QED) is 0.185. The first-order valence-corrected chi connectivity index (χ1v) is 12.5. The van der Waals surface area contributed by atoms with Gasteiger partial charge in [0, 0.05) is 16.2 Å². The van der Waals surface area contributed by atoms with Crippen LogP contribution in [0.3, 0.4) is 0 Å². The molecular weight excluding hydrogens is 490 g/mol. The molecule has 3 aromatic rings. The highest BCUT2D eigenvalue weighted by molar-refractivity contribution is 6.32. The molecule has 0 N–H and O–H groups in total. The monoisotopic (exact) mass is 517 g/mol. The van der Waals surface area contributed by atoms with Gasteiger partial charge in [-0.15, -0.1) is 0 Å². The summed E-state index contributed by atoms with van der Waals surface area (Å²) in [6.45, 7) is 4.83. The van der Waals surface area contributed by atoms with E-state index in [0.717, 1.165) is 16.9 Å². The Kier molecular flexibility index (Phi) is 8.41. The molecular formula is C30H28ClNO5. The van der Waals surface area contributed by atoms with Gasteiger partial charge in [-0.3, -0.25) is 9.59 Å². The van der Waals surface area contributed by atoms with E-state index in [1.165, 1.54) is 0 Å².